The zero-order chi connectivity index (χ0) is 20.9. The number of aromatic nitrogens is 3. The van der Waals surface area contributed by atoms with Gasteiger partial charge in [-0.15, -0.1) is 0 Å². The normalized spacial score (nSPS) is 23.6. The van der Waals surface area contributed by atoms with Crippen molar-refractivity contribution in [2.45, 2.75) is 31.5 Å². The highest BCUT2D eigenvalue weighted by molar-refractivity contribution is 5.55. The number of rotatable bonds is 7. The molecule has 1 fully saturated rings. The van der Waals surface area contributed by atoms with Crippen LogP contribution in [0.2, 0.25) is 0 Å². The van der Waals surface area contributed by atoms with Crippen LogP contribution in [-0.4, -0.2) is 43.9 Å². The molecule has 1 saturated carbocycles. The molecule has 30 heavy (non-hydrogen) atoms. The van der Waals surface area contributed by atoms with Crippen LogP contribution in [0.5, 0.6) is 0 Å². The van der Waals surface area contributed by atoms with E-state index >= 15 is 0 Å². The van der Waals surface area contributed by atoms with Crippen molar-refractivity contribution in [3.8, 4) is 11.4 Å². The molecule has 0 saturated heterocycles. The summed E-state index contributed by atoms with van der Waals surface area (Å²) in [6, 6.07) is 14.0. The Hall–Kier alpha value is -2.74. The predicted octanol–water partition coefficient (Wildman–Crippen LogP) is 2.37. The van der Waals surface area contributed by atoms with Crippen molar-refractivity contribution in [3.63, 3.8) is 0 Å². The van der Waals surface area contributed by atoms with Gasteiger partial charge in [0.25, 0.3) is 0 Å². The van der Waals surface area contributed by atoms with Crippen LogP contribution in [0.15, 0.2) is 60.9 Å². The van der Waals surface area contributed by atoms with Crippen LogP contribution >= 0.6 is 0 Å². The van der Waals surface area contributed by atoms with Crippen molar-refractivity contribution in [1.82, 2.24) is 20.3 Å². The molecule has 0 radical (unpaired) electrons. The predicted molar refractivity (Wildman–Crippen MR) is 111 cm³/mol. The van der Waals surface area contributed by atoms with Crippen LogP contribution < -0.4 is 5.32 Å². The van der Waals surface area contributed by atoms with Gasteiger partial charge in [-0.25, -0.2) is 14.4 Å². The highest BCUT2D eigenvalue weighted by Crippen LogP contribution is 2.35. The fourth-order valence-electron chi connectivity index (χ4n) is 4.24. The number of benzene rings is 1. The molecule has 0 spiro atoms. The van der Waals surface area contributed by atoms with Gasteiger partial charge in [-0.05, 0) is 49.1 Å². The molecule has 1 aliphatic carbocycles. The lowest BCUT2D eigenvalue weighted by Crippen LogP contribution is -2.36. The number of hydrogen-bond acceptors (Lipinski definition) is 6. The Morgan fingerprint density at radius 3 is 2.57 bits per heavy atom. The second-order valence-corrected chi connectivity index (χ2v) is 7.68. The average Bonchev–Trinajstić information content (AvgIpc) is 3.07. The minimum absolute atomic E-state index is 0.00559. The first-order valence-corrected chi connectivity index (χ1v) is 10.1. The van der Waals surface area contributed by atoms with Crippen LogP contribution in [-0.2, 0) is 13.0 Å². The number of aliphatic hydroxyl groups excluding tert-OH is 2. The fourth-order valence-corrected chi connectivity index (χ4v) is 4.24. The molecule has 1 aliphatic rings. The minimum atomic E-state index is -0.589. The van der Waals surface area contributed by atoms with Gasteiger partial charge in [0.2, 0.25) is 0 Å². The smallest absolute Gasteiger partial charge is 0.162 e. The molecule has 4 unspecified atom stereocenters. The van der Waals surface area contributed by atoms with Crippen molar-refractivity contribution in [3.05, 3.63) is 78.1 Å². The number of halogens is 1. The molecule has 2 heterocycles. The summed E-state index contributed by atoms with van der Waals surface area (Å²) >= 11 is 0. The Labute approximate surface area is 174 Å². The summed E-state index contributed by atoms with van der Waals surface area (Å²) in [6.45, 7) is 0.482. The van der Waals surface area contributed by atoms with Crippen molar-refractivity contribution in [1.29, 1.82) is 0 Å². The van der Waals surface area contributed by atoms with Gasteiger partial charge in [-0.2, -0.15) is 0 Å². The summed E-state index contributed by atoms with van der Waals surface area (Å²) < 4.78 is 14.1. The Bertz CT molecular complexity index is 972. The quantitative estimate of drug-likeness (QED) is 0.556. The topological polar surface area (TPSA) is 91.2 Å². The first kappa shape index (κ1) is 20.5. The molecule has 156 valence electrons. The molecule has 4 rings (SSSR count). The lowest BCUT2D eigenvalue weighted by molar-refractivity contribution is 0.0716. The first-order valence-electron chi connectivity index (χ1n) is 10.1. The van der Waals surface area contributed by atoms with Gasteiger partial charge in [-0.3, -0.25) is 4.98 Å². The number of nitrogens with one attached hydrogen (secondary N) is 1. The van der Waals surface area contributed by atoms with E-state index in [2.05, 4.69) is 20.3 Å². The summed E-state index contributed by atoms with van der Waals surface area (Å²) in [6.07, 6.45) is 3.88. The second kappa shape index (κ2) is 9.38. The van der Waals surface area contributed by atoms with Crippen LogP contribution in [0.3, 0.4) is 0 Å². The molecule has 3 N–H and O–H groups in total. The van der Waals surface area contributed by atoms with Crippen molar-refractivity contribution in [2.24, 2.45) is 11.8 Å². The van der Waals surface area contributed by atoms with Crippen LogP contribution in [0.1, 0.15) is 17.8 Å². The third kappa shape index (κ3) is 4.53. The van der Waals surface area contributed by atoms with Gasteiger partial charge >= 0.3 is 0 Å². The average molecular weight is 408 g/mol. The van der Waals surface area contributed by atoms with Gasteiger partial charge in [0.15, 0.2) is 5.82 Å². The highest BCUT2D eigenvalue weighted by Gasteiger charge is 2.42. The zero-order valence-electron chi connectivity index (χ0n) is 16.5. The molecule has 0 bridgehead atoms. The molecule has 1 aromatic carbocycles. The molecule has 4 atom stereocenters. The lowest BCUT2D eigenvalue weighted by atomic mass is 9.88. The molecule has 0 aliphatic heterocycles. The maximum atomic E-state index is 14.1. The lowest BCUT2D eigenvalue weighted by Gasteiger charge is -2.25. The Morgan fingerprint density at radius 1 is 0.967 bits per heavy atom. The third-order valence-electron chi connectivity index (χ3n) is 5.81. The standard InChI is InChI=1S/C23H25FN4O2/c24-20-7-2-1-6-17(20)23-26-10-8-15(28-23)11-18-19(14-29)22(30)12-21(18)27-13-16-5-3-4-9-25-16/h1-10,18-19,21-22,27,29-30H,11-14H2. The second-order valence-electron chi connectivity index (χ2n) is 7.68. The van der Waals surface area contributed by atoms with Crippen LogP contribution in [0, 0.1) is 17.7 Å². The van der Waals surface area contributed by atoms with Gasteiger partial charge in [-0.1, -0.05) is 18.2 Å². The van der Waals surface area contributed by atoms with Crippen LogP contribution in [0.4, 0.5) is 4.39 Å². The molecule has 2 aromatic heterocycles. The van der Waals surface area contributed by atoms with E-state index in [1.54, 1.807) is 36.7 Å². The van der Waals surface area contributed by atoms with Gasteiger partial charge in [0.1, 0.15) is 5.82 Å². The van der Waals surface area contributed by atoms with Crippen molar-refractivity contribution in [2.75, 3.05) is 6.61 Å². The maximum absolute atomic E-state index is 14.1. The Kier molecular flexibility index (Phi) is 6.42. The number of nitrogens with zero attached hydrogens (tertiary/aromatic N) is 3. The molecule has 3 aromatic rings. The summed E-state index contributed by atoms with van der Waals surface area (Å²) in [5, 5.41) is 23.8. The number of aliphatic hydroxyl groups is 2. The fraction of sp³-hybridized carbons (Fsp3) is 0.348. The third-order valence-corrected chi connectivity index (χ3v) is 5.81. The van der Waals surface area contributed by atoms with E-state index in [1.165, 1.54) is 6.07 Å². The molecular formula is C23H25FN4O2. The number of hydrogen-bond donors (Lipinski definition) is 3. The maximum Gasteiger partial charge on any atom is 0.162 e. The van der Waals surface area contributed by atoms with Gasteiger partial charge < -0.3 is 15.5 Å². The molecule has 6 nitrogen and oxygen atoms in total. The Balaban J connectivity index is 1.53. The first-order chi connectivity index (χ1) is 14.7. The van der Waals surface area contributed by atoms with E-state index in [-0.39, 0.29) is 30.3 Å². The van der Waals surface area contributed by atoms with Crippen molar-refractivity contribution < 1.29 is 14.6 Å². The van der Waals surface area contributed by atoms with E-state index < -0.39 is 6.10 Å². The van der Waals surface area contributed by atoms with Crippen LogP contribution in [0.25, 0.3) is 11.4 Å². The molecular weight excluding hydrogens is 383 g/mol. The van der Waals surface area contributed by atoms with Gasteiger partial charge in [0.05, 0.1) is 17.4 Å². The zero-order valence-corrected chi connectivity index (χ0v) is 16.5. The monoisotopic (exact) mass is 408 g/mol. The molecule has 0 amide bonds. The van der Waals surface area contributed by atoms with E-state index in [9.17, 15) is 14.6 Å². The highest BCUT2D eigenvalue weighted by atomic mass is 19.1. The van der Waals surface area contributed by atoms with E-state index in [1.807, 2.05) is 18.2 Å². The van der Waals surface area contributed by atoms with E-state index in [4.69, 9.17) is 0 Å². The number of pyridine rings is 1. The minimum Gasteiger partial charge on any atom is -0.396 e. The van der Waals surface area contributed by atoms with E-state index in [0.29, 0.717) is 30.8 Å². The summed E-state index contributed by atoms with van der Waals surface area (Å²) in [7, 11) is 0. The largest absolute Gasteiger partial charge is 0.396 e. The van der Waals surface area contributed by atoms with Gasteiger partial charge in [0, 0.05) is 43.2 Å². The SMILES string of the molecule is OCC1C(O)CC(NCc2ccccn2)C1Cc1ccnc(-c2ccccc2F)n1. The van der Waals surface area contributed by atoms with E-state index in [0.717, 1.165) is 11.4 Å². The summed E-state index contributed by atoms with van der Waals surface area (Å²) in [4.78, 5) is 13.1. The molecule has 7 heteroatoms. The van der Waals surface area contributed by atoms with Crippen molar-refractivity contribution >= 4 is 0 Å². The summed E-state index contributed by atoms with van der Waals surface area (Å²) in [5.41, 5.74) is 2.03. The Morgan fingerprint density at radius 2 is 1.80 bits per heavy atom. The summed E-state index contributed by atoms with van der Waals surface area (Å²) in [5.74, 6) is -0.299.